The number of hydrogen-bond donors (Lipinski definition) is 0. The Kier molecular flexibility index (Phi) is 5.17. The van der Waals surface area contributed by atoms with E-state index in [1.54, 1.807) is 4.31 Å². The van der Waals surface area contributed by atoms with Gasteiger partial charge in [-0.15, -0.1) is 0 Å². The number of sulfonamides is 1. The van der Waals surface area contributed by atoms with Crippen molar-refractivity contribution in [1.82, 2.24) is 4.31 Å². The predicted octanol–water partition coefficient (Wildman–Crippen LogP) is 2.82. The maximum absolute atomic E-state index is 12.1. The molecule has 6 heteroatoms. The minimum Gasteiger partial charge on any atom is -0.367 e. The Morgan fingerprint density at radius 1 is 1.14 bits per heavy atom. The molecule has 21 heavy (non-hydrogen) atoms. The monoisotopic (exact) mass is 330 g/mol. The molecule has 0 bridgehead atoms. The van der Waals surface area contributed by atoms with Gasteiger partial charge in [-0.25, -0.2) is 8.42 Å². The van der Waals surface area contributed by atoms with Gasteiger partial charge in [-0.1, -0.05) is 24.6 Å². The van der Waals surface area contributed by atoms with Crippen LogP contribution in [0.5, 0.6) is 0 Å². The SMILES string of the molecule is CCCS(=O)(=O)N1CCN(c2c(C)cc(C)cc2Cl)CC1. The zero-order chi connectivity index (χ0) is 15.6. The van der Waals surface area contributed by atoms with Gasteiger partial charge >= 0.3 is 0 Å². The van der Waals surface area contributed by atoms with Gasteiger partial charge in [0, 0.05) is 26.2 Å². The van der Waals surface area contributed by atoms with Crippen molar-refractivity contribution in [3.8, 4) is 0 Å². The van der Waals surface area contributed by atoms with Crippen LogP contribution in [0.25, 0.3) is 0 Å². The normalized spacial score (nSPS) is 17.2. The molecule has 1 aromatic rings. The highest BCUT2D eigenvalue weighted by Gasteiger charge is 2.27. The summed E-state index contributed by atoms with van der Waals surface area (Å²) in [5.74, 6) is 0.233. The van der Waals surface area contributed by atoms with Gasteiger partial charge in [0.25, 0.3) is 0 Å². The Hall–Kier alpha value is -0.780. The van der Waals surface area contributed by atoms with Gasteiger partial charge in [-0.3, -0.25) is 0 Å². The lowest BCUT2D eigenvalue weighted by molar-refractivity contribution is 0.384. The van der Waals surface area contributed by atoms with Crippen LogP contribution >= 0.6 is 11.6 Å². The van der Waals surface area contributed by atoms with E-state index in [4.69, 9.17) is 11.6 Å². The molecule has 0 unspecified atom stereocenters. The number of nitrogens with zero attached hydrogens (tertiary/aromatic N) is 2. The molecule has 1 aliphatic heterocycles. The summed E-state index contributed by atoms with van der Waals surface area (Å²) in [6.45, 7) is 8.41. The molecule has 0 saturated carbocycles. The molecule has 0 atom stereocenters. The van der Waals surface area contributed by atoms with E-state index < -0.39 is 10.0 Å². The Balaban J connectivity index is 2.12. The Morgan fingerprint density at radius 3 is 2.29 bits per heavy atom. The molecule has 1 heterocycles. The smallest absolute Gasteiger partial charge is 0.214 e. The molecule has 0 aromatic heterocycles. The molecule has 0 N–H and O–H groups in total. The maximum atomic E-state index is 12.1. The van der Waals surface area contributed by atoms with E-state index in [9.17, 15) is 8.42 Å². The first-order chi connectivity index (χ1) is 9.85. The number of anilines is 1. The molecule has 4 nitrogen and oxygen atoms in total. The van der Waals surface area contributed by atoms with E-state index in [1.807, 2.05) is 19.9 Å². The molecule has 118 valence electrons. The summed E-state index contributed by atoms with van der Waals surface area (Å²) < 4.78 is 25.8. The van der Waals surface area contributed by atoms with Gasteiger partial charge in [0.05, 0.1) is 16.5 Å². The summed E-state index contributed by atoms with van der Waals surface area (Å²) in [5, 5.41) is 0.748. The lowest BCUT2D eigenvalue weighted by Gasteiger charge is -2.36. The molecule has 0 radical (unpaired) electrons. The highest BCUT2D eigenvalue weighted by molar-refractivity contribution is 7.89. The highest BCUT2D eigenvalue weighted by atomic mass is 35.5. The Bertz CT molecular complexity index is 585. The lowest BCUT2D eigenvalue weighted by atomic mass is 10.1. The number of hydrogen-bond acceptors (Lipinski definition) is 3. The fourth-order valence-corrected chi connectivity index (χ4v) is 4.82. The van der Waals surface area contributed by atoms with Crippen LogP contribution in [0.3, 0.4) is 0 Å². The van der Waals surface area contributed by atoms with Crippen LogP contribution in [-0.2, 0) is 10.0 Å². The van der Waals surface area contributed by atoms with Crippen molar-refractivity contribution in [1.29, 1.82) is 0 Å². The first-order valence-electron chi connectivity index (χ1n) is 7.34. The number of halogens is 1. The molecule has 0 aliphatic carbocycles. The predicted molar refractivity (Wildman–Crippen MR) is 88.8 cm³/mol. The number of benzene rings is 1. The third-order valence-corrected chi connectivity index (χ3v) is 6.17. The van der Waals surface area contributed by atoms with Crippen LogP contribution < -0.4 is 4.90 Å². The standard InChI is InChI=1S/C15H23ClN2O2S/c1-4-9-21(19,20)18-7-5-17(6-8-18)15-13(3)10-12(2)11-14(15)16/h10-11H,4-9H2,1-3H3. The Labute approximate surface area is 132 Å². The number of rotatable bonds is 4. The lowest BCUT2D eigenvalue weighted by Crippen LogP contribution is -2.49. The Morgan fingerprint density at radius 2 is 1.76 bits per heavy atom. The molecule has 1 aromatic carbocycles. The highest BCUT2D eigenvalue weighted by Crippen LogP contribution is 2.31. The summed E-state index contributed by atoms with van der Waals surface area (Å²) in [4.78, 5) is 2.19. The topological polar surface area (TPSA) is 40.6 Å². The molecular weight excluding hydrogens is 308 g/mol. The van der Waals surface area contributed by atoms with Crippen LogP contribution in [0.2, 0.25) is 5.02 Å². The van der Waals surface area contributed by atoms with Crippen LogP contribution in [0.1, 0.15) is 24.5 Å². The summed E-state index contributed by atoms with van der Waals surface area (Å²) in [7, 11) is -3.09. The van der Waals surface area contributed by atoms with Crippen molar-refractivity contribution in [3.63, 3.8) is 0 Å². The zero-order valence-electron chi connectivity index (χ0n) is 12.9. The van der Waals surface area contributed by atoms with Crippen molar-refractivity contribution >= 4 is 27.3 Å². The quantitative estimate of drug-likeness (QED) is 0.852. The minimum absolute atomic E-state index is 0.233. The molecule has 2 rings (SSSR count). The molecule has 1 saturated heterocycles. The van der Waals surface area contributed by atoms with Crippen LogP contribution in [0, 0.1) is 13.8 Å². The van der Waals surface area contributed by atoms with Crippen molar-refractivity contribution in [2.45, 2.75) is 27.2 Å². The third-order valence-electron chi connectivity index (χ3n) is 3.81. The first-order valence-corrected chi connectivity index (χ1v) is 9.33. The summed E-state index contributed by atoms with van der Waals surface area (Å²) in [5.41, 5.74) is 3.32. The van der Waals surface area contributed by atoms with E-state index in [0.717, 1.165) is 21.8 Å². The zero-order valence-corrected chi connectivity index (χ0v) is 14.5. The molecule has 1 fully saturated rings. The van der Waals surface area contributed by atoms with Gasteiger partial charge in [-0.2, -0.15) is 4.31 Å². The van der Waals surface area contributed by atoms with E-state index in [-0.39, 0.29) is 5.75 Å². The molecule has 0 spiro atoms. The van der Waals surface area contributed by atoms with Gasteiger partial charge in [0.15, 0.2) is 0 Å². The van der Waals surface area contributed by atoms with Crippen molar-refractivity contribution < 1.29 is 8.42 Å². The average Bonchev–Trinajstić information content (AvgIpc) is 2.38. The largest absolute Gasteiger partial charge is 0.367 e. The van der Waals surface area contributed by atoms with E-state index in [2.05, 4.69) is 17.9 Å². The average molecular weight is 331 g/mol. The molecule has 0 amide bonds. The fourth-order valence-electron chi connectivity index (χ4n) is 2.89. The second-order valence-electron chi connectivity index (χ2n) is 5.61. The van der Waals surface area contributed by atoms with Crippen molar-refractivity contribution in [2.24, 2.45) is 0 Å². The summed E-state index contributed by atoms with van der Waals surface area (Å²) in [6.07, 6.45) is 0.658. The van der Waals surface area contributed by atoms with E-state index in [1.165, 1.54) is 0 Å². The minimum atomic E-state index is -3.09. The van der Waals surface area contributed by atoms with Crippen LogP contribution in [0.4, 0.5) is 5.69 Å². The van der Waals surface area contributed by atoms with Crippen molar-refractivity contribution in [3.05, 3.63) is 28.3 Å². The first kappa shape index (κ1) is 16.6. The van der Waals surface area contributed by atoms with Gasteiger partial charge in [0.2, 0.25) is 10.0 Å². The summed E-state index contributed by atoms with van der Waals surface area (Å²) in [6, 6.07) is 4.07. The molecular formula is C15H23ClN2O2S. The summed E-state index contributed by atoms with van der Waals surface area (Å²) >= 11 is 6.37. The van der Waals surface area contributed by atoms with Gasteiger partial charge in [0.1, 0.15) is 0 Å². The maximum Gasteiger partial charge on any atom is 0.214 e. The van der Waals surface area contributed by atoms with Gasteiger partial charge in [-0.05, 0) is 37.5 Å². The second-order valence-corrected chi connectivity index (χ2v) is 8.11. The van der Waals surface area contributed by atoms with Crippen LogP contribution in [0.15, 0.2) is 12.1 Å². The number of piperazine rings is 1. The van der Waals surface area contributed by atoms with E-state index in [0.29, 0.717) is 32.6 Å². The van der Waals surface area contributed by atoms with Gasteiger partial charge < -0.3 is 4.90 Å². The third kappa shape index (κ3) is 3.71. The fraction of sp³-hybridized carbons (Fsp3) is 0.600. The molecule has 1 aliphatic rings. The van der Waals surface area contributed by atoms with Crippen molar-refractivity contribution in [2.75, 3.05) is 36.8 Å². The number of aryl methyl sites for hydroxylation is 2. The van der Waals surface area contributed by atoms with Crippen LogP contribution in [-0.4, -0.2) is 44.7 Å². The second kappa shape index (κ2) is 6.55. The van der Waals surface area contributed by atoms with E-state index >= 15 is 0 Å².